The highest BCUT2D eigenvalue weighted by Crippen LogP contribution is 2.30. The third kappa shape index (κ3) is 5.16. The maximum Gasteiger partial charge on any atom is 0.336 e. The molecular formula is C16H13N3O10. The molecule has 0 radical (unpaired) electrons. The molecule has 0 aliphatic carbocycles. The molecule has 0 fully saturated rings. The number of aromatic carboxylic acids is 4. The van der Waals surface area contributed by atoms with Crippen LogP contribution in [0.15, 0.2) is 24.3 Å². The third-order valence-electron chi connectivity index (χ3n) is 3.33. The summed E-state index contributed by atoms with van der Waals surface area (Å²) < 4.78 is 0. The third-order valence-corrected chi connectivity index (χ3v) is 3.33. The molecule has 0 heterocycles. The van der Waals surface area contributed by atoms with Gasteiger partial charge >= 0.3 is 35.9 Å². The molecule has 13 heteroatoms. The zero-order chi connectivity index (χ0) is 22.5. The van der Waals surface area contributed by atoms with Gasteiger partial charge < -0.3 is 31.9 Å². The maximum atomic E-state index is 11.3. The number of benzene rings is 2. The van der Waals surface area contributed by atoms with Crippen LogP contribution in [-0.4, -0.2) is 56.4 Å². The highest BCUT2D eigenvalue weighted by molar-refractivity contribution is 6.21. The van der Waals surface area contributed by atoms with Gasteiger partial charge in [-0.15, -0.1) is 0 Å². The van der Waals surface area contributed by atoms with E-state index < -0.39 is 69.0 Å². The van der Waals surface area contributed by atoms with Crippen molar-refractivity contribution in [1.29, 1.82) is 0 Å². The molecule has 0 spiro atoms. The van der Waals surface area contributed by atoms with Crippen LogP contribution in [0.4, 0.5) is 9.59 Å². The molecule has 29 heavy (non-hydrogen) atoms. The fourth-order valence-electron chi connectivity index (χ4n) is 2.33. The van der Waals surface area contributed by atoms with Crippen molar-refractivity contribution in [3.63, 3.8) is 0 Å². The fraction of sp³-hybridized carbons (Fsp3) is 0. The first-order valence-electron chi connectivity index (χ1n) is 7.27. The van der Waals surface area contributed by atoms with Crippen LogP contribution in [0.3, 0.4) is 0 Å². The topological polar surface area (TPSA) is 247 Å². The van der Waals surface area contributed by atoms with E-state index in [0.717, 1.165) is 24.3 Å². The molecule has 0 saturated heterocycles. The maximum absolute atomic E-state index is 11.3. The first-order valence-corrected chi connectivity index (χ1v) is 7.27. The van der Waals surface area contributed by atoms with Crippen LogP contribution in [0.5, 0.6) is 0 Å². The molecule has 0 aromatic heterocycles. The lowest BCUT2D eigenvalue weighted by molar-refractivity contribution is 0.0675. The van der Waals surface area contributed by atoms with Gasteiger partial charge in [0.05, 0.1) is 22.3 Å². The summed E-state index contributed by atoms with van der Waals surface area (Å²) in [7, 11) is 0. The normalized spacial score (nSPS) is 9.66. The van der Waals surface area contributed by atoms with E-state index in [4.69, 9.17) is 20.4 Å². The molecule has 2 aromatic rings. The number of carboxylic acid groups (broad SMARTS) is 4. The lowest BCUT2D eigenvalue weighted by Gasteiger charge is -2.11. The molecule has 0 aliphatic heterocycles. The number of rotatable bonds is 4. The molecule has 9 N–H and O–H groups in total. The van der Waals surface area contributed by atoms with Crippen molar-refractivity contribution in [2.24, 2.45) is 11.5 Å². The van der Waals surface area contributed by atoms with Gasteiger partial charge in [-0.2, -0.15) is 0 Å². The largest absolute Gasteiger partial charge is 0.478 e. The summed E-state index contributed by atoms with van der Waals surface area (Å²) in [5.41, 5.74) is 6.94. The number of carbonyl (C=O) groups is 6. The second kappa shape index (κ2) is 8.81. The fourth-order valence-corrected chi connectivity index (χ4v) is 2.33. The number of primary amides is 2. The van der Waals surface area contributed by atoms with Crippen LogP contribution in [0.2, 0.25) is 0 Å². The number of carboxylic acids is 4. The number of imide groups is 1. The van der Waals surface area contributed by atoms with Gasteiger partial charge in [0.1, 0.15) is 0 Å². The van der Waals surface area contributed by atoms with E-state index in [2.05, 4.69) is 11.5 Å². The van der Waals surface area contributed by atoms with Gasteiger partial charge in [0, 0.05) is 10.8 Å². The number of nitrogens with two attached hydrogens (primary N) is 2. The monoisotopic (exact) mass is 407 g/mol. The number of nitrogens with one attached hydrogen (secondary N) is 1. The Labute approximate surface area is 160 Å². The Bertz CT molecular complexity index is 911. The summed E-state index contributed by atoms with van der Waals surface area (Å²) in [5.74, 6) is -5.97. The van der Waals surface area contributed by atoms with E-state index in [0.29, 0.717) is 0 Å². The minimum atomic E-state index is -1.49. The minimum Gasteiger partial charge on any atom is -0.478 e. The SMILES string of the molecule is NC(=O)NC(N)=O.O=C(O)c1ccc(C(=O)O)c2c(C(=O)O)ccc(C(=O)O)c12. The van der Waals surface area contributed by atoms with Crippen molar-refractivity contribution in [1.82, 2.24) is 5.32 Å². The number of amides is 4. The molecule has 13 nitrogen and oxygen atoms in total. The lowest BCUT2D eigenvalue weighted by Crippen LogP contribution is -2.38. The van der Waals surface area contributed by atoms with Crippen LogP contribution >= 0.6 is 0 Å². The zero-order valence-electron chi connectivity index (χ0n) is 14.2. The molecule has 0 atom stereocenters. The standard InChI is InChI=1S/C14H8O8.C2H5N3O2/c15-11(16)5-1-2-6(12(17)18)10-8(14(21)22)4-3-7(9(5)10)13(19)20;3-1(6)5-2(4)7/h1-4H,(H,15,16)(H,17,18)(H,19,20)(H,21,22);(H5,3,4,5,6,7). The molecule has 0 aliphatic rings. The average molecular weight is 407 g/mol. The van der Waals surface area contributed by atoms with Gasteiger partial charge in [0.2, 0.25) is 0 Å². The Balaban J connectivity index is 0.000000516. The summed E-state index contributed by atoms with van der Waals surface area (Å²) in [5, 5.41) is 37.4. The molecule has 2 rings (SSSR count). The number of hydrogen-bond donors (Lipinski definition) is 7. The van der Waals surface area contributed by atoms with Crippen molar-refractivity contribution in [2.45, 2.75) is 0 Å². The molecule has 2 aromatic carbocycles. The Morgan fingerprint density at radius 2 is 0.759 bits per heavy atom. The van der Waals surface area contributed by atoms with E-state index in [1.54, 1.807) is 5.32 Å². The number of hydrogen-bond acceptors (Lipinski definition) is 6. The van der Waals surface area contributed by atoms with E-state index in [-0.39, 0.29) is 0 Å². The van der Waals surface area contributed by atoms with E-state index in [1.165, 1.54) is 0 Å². The van der Waals surface area contributed by atoms with E-state index in [9.17, 15) is 28.8 Å². The van der Waals surface area contributed by atoms with Gasteiger partial charge in [0.25, 0.3) is 0 Å². The van der Waals surface area contributed by atoms with Crippen LogP contribution in [0.1, 0.15) is 41.4 Å². The highest BCUT2D eigenvalue weighted by atomic mass is 16.4. The summed E-state index contributed by atoms with van der Waals surface area (Å²) in [6.07, 6.45) is 0. The summed E-state index contributed by atoms with van der Waals surface area (Å²) in [6, 6.07) is 1.87. The second-order valence-electron chi connectivity index (χ2n) is 5.15. The van der Waals surface area contributed by atoms with Crippen LogP contribution in [-0.2, 0) is 0 Å². The van der Waals surface area contributed by atoms with Crippen molar-refractivity contribution >= 4 is 46.7 Å². The van der Waals surface area contributed by atoms with Gasteiger partial charge in [-0.3, -0.25) is 5.32 Å². The molecule has 4 amide bonds. The number of fused-ring (bicyclic) bond motifs is 1. The Morgan fingerprint density at radius 1 is 0.552 bits per heavy atom. The van der Waals surface area contributed by atoms with Gasteiger partial charge in [0.15, 0.2) is 0 Å². The molecule has 0 bridgehead atoms. The number of carbonyl (C=O) groups excluding carboxylic acids is 2. The quantitative estimate of drug-likeness (QED) is 0.366. The smallest absolute Gasteiger partial charge is 0.336 e. The molecule has 0 saturated carbocycles. The van der Waals surface area contributed by atoms with Crippen molar-refractivity contribution in [3.8, 4) is 0 Å². The van der Waals surface area contributed by atoms with Gasteiger partial charge in [-0.05, 0) is 24.3 Å². The predicted octanol–water partition coefficient (Wildman–Crippen LogP) is 0.366. The highest BCUT2D eigenvalue weighted by Gasteiger charge is 2.24. The Hall–Kier alpha value is -4.68. The second-order valence-corrected chi connectivity index (χ2v) is 5.15. The summed E-state index contributed by atoms with van der Waals surface area (Å²) >= 11 is 0. The Morgan fingerprint density at radius 3 is 0.862 bits per heavy atom. The lowest BCUT2D eigenvalue weighted by atomic mass is 9.91. The van der Waals surface area contributed by atoms with Gasteiger partial charge in [-0.25, -0.2) is 28.8 Å². The zero-order valence-corrected chi connectivity index (χ0v) is 14.2. The first-order chi connectivity index (χ1) is 13.4. The summed E-state index contributed by atoms with van der Waals surface area (Å²) in [6.45, 7) is 0. The van der Waals surface area contributed by atoms with Crippen molar-refractivity contribution in [3.05, 3.63) is 46.5 Å². The Kier molecular flexibility index (Phi) is 6.79. The first kappa shape index (κ1) is 22.4. The van der Waals surface area contributed by atoms with E-state index >= 15 is 0 Å². The molecule has 0 unspecified atom stereocenters. The molecular weight excluding hydrogens is 394 g/mol. The average Bonchev–Trinajstić information content (AvgIpc) is 2.58. The summed E-state index contributed by atoms with van der Waals surface area (Å²) in [4.78, 5) is 64.3. The van der Waals surface area contributed by atoms with Crippen molar-refractivity contribution < 1.29 is 49.2 Å². The minimum absolute atomic E-state index is 0.431. The predicted molar refractivity (Wildman–Crippen MR) is 94.1 cm³/mol. The van der Waals surface area contributed by atoms with Gasteiger partial charge in [-0.1, -0.05) is 0 Å². The number of urea groups is 2. The van der Waals surface area contributed by atoms with Crippen molar-refractivity contribution in [2.75, 3.05) is 0 Å². The molecule has 152 valence electrons. The van der Waals surface area contributed by atoms with E-state index in [1.807, 2.05) is 0 Å². The van der Waals surface area contributed by atoms with Crippen LogP contribution < -0.4 is 16.8 Å². The van der Waals surface area contributed by atoms with Crippen LogP contribution in [0.25, 0.3) is 10.8 Å². The van der Waals surface area contributed by atoms with Crippen LogP contribution in [0, 0.1) is 0 Å².